The summed E-state index contributed by atoms with van der Waals surface area (Å²) in [7, 11) is -19.5. The molecule has 0 spiro atoms. The van der Waals surface area contributed by atoms with Crippen molar-refractivity contribution in [3.05, 3.63) is 89.5 Å². The molecule has 3 heterocycles. The molecule has 0 saturated carbocycles. The lowest BCUT2D eigenvalue weighted by molar-refractivity contribution is 0.317. The number of aryl methyl sites for hydroxylation is 1. The molecule has 0 aliphatic heterocycles. The fourth-order valence-corrected chi connectivity index (χ4v) is 10.1. The zero-order valence-corrected chi connectivity index (χ0v) is 39.5. The fourth-order valence-electron chi connectivity index (χ4n) is 6.95. The Labute approximate surface area is 398 Å². The summed E-state index contributed by atoms with van der Waals surface area (Å²) in [6.07, 6.45) is -0.241. The number of imidazole rings is 1. The number of nitriles is 1. The number of phenols is 1. The van der Waals surface area contributed by atoms with E-state index in [1.165, 1.54) is 42.5 Å². The standard InChI is InChI=1S/C40H30N10O15S5/c1-19-12-28(31(65-10-5-11-67(53,54)55)17-27(19)44-49-40-43-26-9-8-22(68(56,57)58)15-32(26)66-40)45-48-36-34(70(62,63)64)14-21-13-33(69(59,60)61)29(16-23(21)37(36)51)46-47-35-20(2)24(18-41)38-42-25-6-3-4-7-30(25)50(38)39(35)52/h3-4,6-9,12-17,51-52H,5,10-11H2,1-2H3,(H,53,54,55)(H,56,57,58)(H,59,60,61)(H,62,63,64). The van der Waals surface area contributed by atoms with Gasteiger partial charge in [0.05, 0.1) is 44.2 Å². The Morgan fingerprint density at radius 1 is 0.714 bits per heavy atom. The van der Waals surface area contributed by atoms with E-state index >= 15 is 0 Å². The van der Waals surface area contributed by atoms with Gasteiger partial charge in [0.25, 0.3) is 40.5 Å². The van der Waals surface area contributed by atoms with Gasteiger partial charge in [0.15, 0.2) is 17.1 Å². The van der Waals surface area contributed by atoms with Gasteiger partial charge in [-0.2, -0.15) is 38.9 Å². The number of ether oxygens (including phenoxy) is 1. The van der Waals surface area contributed by atoms with Gasteiger partial charge in [-0.3, -0.25) is 22.6 Å². The van der Waals surface area contributed by atoms with Crippen LogP contribution in [0.2, 0.25) is 0 Å². The number of benzene rings is 5. The molecule has 0 fully saturated rings. The van der Waals surface area contributed by atoms with Crippen molar-refractivity contribution in [2.24, 2.45) is 30.7 Å². The summed E-state index contributed by atoms with van der Waals surface area (Å²) in [6, 6.07) is 17.2. The van der Waals surface area contributed by atoms with Crippen molar-refractivity contribution in [2.45, 2.75) is 35.0 Å². The number of hydrogen-bond acceptors (Lipinski definition) is 21. The van der Waals surface area contributed by atoms with Crippen LogP contribution in [0.5, 0.6) is 17.4 Å². The van der Waals surface area contributed by atoms with Gasteiger partial charge in [-0.15, -0.1) is 30.7 Å². The molecule has 0 radical (unpaired) electrons. The Morgan fingerprint density at radius 2 is 1.39 bits per heavy atom. The SMILES string of the molecule is Cc1cc(N=Nc2c(S(=O)(=O)O)cc3cc(S(=O)(=O)O)c(N=Nc4c(C)c(C#N)c5nc6ccccc6n5c4O)cc3c2O)c(OCCCS(=O)(=O)O)cc1N=Nc1nc2ccc(S(=O)(=O)O)cc2s1. The minimum Gasteiger partial charge on any atom is -0.505 e. The first kappa shape index (κ1) is 49.0. The van der Waals surface area contributed by atoms with E-state index in [9.17, 15) is 67.4 Å². The summed E-state index contributed by atoms with van der Waals surface area (Å²) >= 11 is 0.935. The zero-order valence-electron chi connectivity index (χ0n) is 35.4. The Kier molecular flexibility index (Phi) is 12.7. The van der Waals surface area contributed by atoms with Crippen LogP contribution in [0.1, 0.15) is 23.1 Å². The minimum absolute atomic E-state index is 0.0200. The van der Waals surface area contributed by atoms with E-state index in [-0.39, 0.29) is 68.0 Å². The lowest BCUT2D eigenvalue weighted by Crippen LogP contribution is -2.08. The highest BCUT2D eigenvalue weighted by atomic mass is 32.2. The Balaban J connectivity index is 1.23. The quantitative estimate of drug-likeness (QED) is 0.0336. The molecule has 0 unspecified atom stereocenters. The molecule has 30 heteroatoms. The number of phenolic OH excluding ortho intramolecular Hbond substituents is 1. The maximum absolute atomic E-state index is 12.8. The van der Waals surface area contributed by atoms with Crippen LogP contribution in [0, 0.1) is 25.2 Å². The fraction of sp³-hybridized carbons (Fsp3) is 0.125. The zero-order chi connectivity index (χ0) is 50.7. The van der Waals surface area contributed by atoms with Crippen LogP contribution in [0.15, 0.2) is 118 Å². The monoisotopic (exact) mass is 1050 g/mol. The third kappa shape index (κ3) is 9.86. The largest absolute Gasteiger partial charge is 0.505 e. The molecule has 0 aliphatic rings. The van der Waals surface area contributed by atoms with Crippen molar-refractivity contribution in [1.29, 1.82) is 5.26 Å². The average molecular weight is 1050 g/mol. The van der Waals surface area contributed by atoms with Gasteiger partial charge in [-0.25, -0.2) is 9.97 Å². The van der Waals surface area contributed by atoms with Crippen molar-refractivity contribution in [1.82, 2.24) is 14.4 Å². The van der Waals surface area contributed by atoms with Crippen LogP contribution < -0.4 is 4.74 Å². The Hall–Kier alpha value is -7.47. The van der Waals surface area contributed by atoms with Gasteiger partial charge >= 0.3 is 0 Å². The van der Waals surface area contributed by atoms with E-state index < -0.39 is 84.4 Å². The van der Waals surface area contributed by atoms with E-state index in [2.05, 4.69) is 40.7 Å². The van der Waals surface area contributed by atoms with Crippen molar-refractivity contribution in [3.63, 3.8) is 0 Å². The van der Waals surface area contributed by atoms with Gasteiger partial charge in [0.2, 0.25) is 11.0 Å². The van der Waals surface area contributed by atoms with Gasteiger partial charge < -0.3 is 14.9 Å². The van der Waals surface area contributed by atoms with Crippen LogP contribution in [0.25, 0.3) is 37.7 Å². The van der Waals surface area contributed by atoms with Gasteiger partial charge in [0, 0.05) is 17.0 Å². The molecule has 0 aliphatic carbocycles. The lowest BCUT2D eigenvalue weighted by Gasteiger charge is -2.13. The molecule has 25 nitrogen and oxygen atoms in total. The average Bonchev–Trinajstić information content (AvgIpc) is 3.87. The highest BCUT2D eigenvalue weighted by Gasteiger charge is 2.27. The van der Waals surface area contributed by atoms with Crippen LogP contribution in [0.3, 0.4) is 0 Å². The number of fused-ring (bicyclic) bond motifs is 5. The van der Waals surface area contributed by atoms with Gasteiger partial charge in [-0.1, -0.05) is 23.5 Å². The normalized spacial score (nSPS) is 13.0. The van der Waals surface area contributed by atoms with E-state index in [0.29, 0.717) is 38.9 Å². The topological polar surface area (TPSA) is 395 Å². The summed E-state index contributed by atoms with van der Waals surface area (Å²) < 4.78 is 144. The number of hydrogen-bond donors (Lipinski definition) is 6. The first-order chi connectivity index (χ1) is 32.8. The number of para-hydroxylation sites is 2. The second kappa shape index (κ2) is 18.1. The van der Waals surface area contributed by atoms with Crippen molar-refractivity contribution in [2.75, 3.05) is 12.4 Å². The second-order valence-electron chi connectivity index (χ2n) is 14.9. The third-order valence-corrected chi connectivity index (χ3v) is 14.5. The third-order valence-electron chi connectivity index (χ3n) is 10.2. The molecule has 70 heavy (non-hydrogen) atoms. The van der Waals surface area contributed by atoms with Gasteiger partial charge in [-0.05, 0) is 85.8 Å². The van der Waals surface area contributed by atoms with E-state index in [1.54, 1.807) is 24.3 Å². The van der Waals surface area contributed by atoms with E-state index in [0.717, 1.165) is 23.5 Å². The van der Waals surface area contributed by atoms with Crippen LogP contribution in [-0.4, -0.2) is 88.8 Å². The molecule has 6 N–H and O–H groups in total. The Morgan fingerprint density at radius 3 is 2.07 bits per heavy atom. The first-order valence-electron chi connectivity index (χ1n) is 19.5. The molecule has 3 aromatic heterocycles. The Bertz CT molecular complexity index is 4150. The number of azo groups is 3. The molecular formula is C40H30N10O15S5. The van der Waals surface area contributed by atoms with Crippen LogP contribution in [0.4, 0.5) is 33.6 Å². The molecule has 0 atom stereocenters. The predicted molar refractivity (Wildman–Crippen MR) is 249 cm³/mol. The smallest absolute Gasteiger partial charge is 0.296 e. The van der Waals surface area contributed by atoms with Crippen molar-refractivity contribution in [3.8, 4) is 23.4 Å². The molecule has 8 aromatic rings. The molecule has 0 amide bonds. The summed E-state index contributed by atoms with van der Waals surface area (Å²) in [4.78, 5) is 6.25. The van der Waals surface area contributed by atoms with Crippen LogP contribution >= 0.6 is 11.3 Å². The van der Waals surface area contributed by atoms with Gasteiger partial charge in [0.1, 0.15) is 44.2 Å². The molecule has 360 valence electrons. The second-order valence-corrected chi connectivity index (χ2v) is 21.7. The molecular weight excluding hydrogens is 1020 g/mol. The highest BCUT2D eigenvalue weighted by Crippen LogP contribution is 2.46. The molecule has 0 saturated heterocycles. The number of thiazole rings is 1. The van der Waals surface area contributed by atoms with E-state index in [1.807, 2.05) is 6.07 Å². The highest BCUT2D eigenvalue weighted by molar-refractivity contribution is 7.86. The lowest BCUT2D eigenvalue weighted by atomic mass is 10.1. The minimum atomic E-state index is -5.33. The van der Waals surface area contributed by atoms with Crippen LogP contribution in [-0.2, 0) is 40.5 Å². The maximum Gasteiger partial charge on any atom is 0.296 e. The number of nitrogens with zero attached hydrogens (tertiary/aromatic N) is 10. The number of pyridine rings is 1. The maximum atomic E-state index is 12.8. The summed E-state index contributed by atoms with van der Waals surface area (Å²) in [5.41, 5.74) is -0.411. The first-order valence-corrected chi connectivity index (χ1v) is 26.2. The molecule has 0 bridgehead atoms. The van der Waals surface area contributed by atoms with Crippen molar-refractivity contribution >= 4 is 123 Å². The predicted octanol–water partition coefficient (Wildman–Crippen LogP) is 8.79. The molecule has 8 rings (SSSR count). The summed E-state index contributed by atoms with van der Waals surface area (Å²) in [6.45, 7) is 2.59. The van der Waals surface area contributed by atoms with E-state index in [4.69, 9.17) is 4.74 Å². The number of aromatic nitrogens is 3. The van der Waals surface area contributed by atoms with Crippen molar-refractivity contribution < 1.29 is 66.8 Å². The molecule has 5 aromatic carbocycles. The summed E-state index contributed by atoms with van der Waals surface area (Å²) in [5.74, 6) is -2.47. The summed E-state index contributed by atoms with van der Waals surface area (Å²) in [5, 5.41) is 56.7. The number of aromatic hydroxyl groups is 2. The number of rotatable bonds is 14.